The number of hydrogen-bond acceptors (Lipinski definition) is 2. The van der Waals surface area contributed by atoms with E-state index in [1.165, 1.54) is 32.1 Å². The van der Waals surface area contributed by atoms with Gasteiger partial charge >= 0.3 is 0 Å². The molecule has 0 aliphatic heterocycles. The second kappa shape index (κ2) is 5.61. The summed E-state index contributed by atoms with van der Waals surface area (Å²) in [7, 11) is 2.14. The molecular formula is C11H23NO. The van der Waals surface area contributed by atoms with Gasteiger partial charge in [0, 0.05) is 12.6 Å². The van der Waals surface area contributed by atoms with Crippen molar-refractivity contribution in [2.45, 2.75) is 45.1 Å². The van der Waals surface area contributed by atoms with Crippen molar-refractivity contribution >= 4 is 0 Å². The zero-order valence-electron chi connectivity index (χ0n) is 9.00. The van der Waals surface area contributed by atoms with Crippen molar-refractivity contribution in [1.29, 1.82) is 0 Å². The topological polar surface area (TPSA) is 23.5 Å². The van der Waals surface area contributed by atoms with Crippen LogP contribution in [0.1, 0.15) is 39.0 Å². The van der Waals surface area contributed by atoms with Crippen LogP contribution in [0.4, 0.5) is 0 Å². The van der Waals surface area contributed by atoms with Gasteiger partial charge in [0.25, 0.3) is 0 Å². The van der Waals surface area contributed by atoms with E-state index in [2.05, 4.69) is 18.9 Å². The molecule has 78 valence electrons. The lowest BCUT2D eigenvalue weighted by Gasteiger charge is -2.31. The smallest absolute Gasteiger partial charge is 0.0558 e. The van der Waals surface area contributed by atoms with Crippen molar-refractivity contribution in [1.82, 2.24) is 4.90 Å². The largest absolute Gasteiger partial charge is 0.395 e. The van der Waals surface area contributed by atoms with Crippen LogP contribution in [-0.2, 0) is 0 Å². The standard InChI is InChI=1S/C11H23NO/c1-10-6-4-3-5-7-11(10)12(2)8-9-13/h10-11,13H,3-9H2,1-2H3. The van der Waals surface area contributed by atoms with E-state index in [0.29, 0.717) is 12.6 Å². The van der Waals surface area contributed by atoms with Crippen LogP contribution in [0.25, 0.3) is 0 Å². The highest BCUT2D eigenvalue weighted by molar-refractivity contribution is 4.77. The van der Waals surface area contributed by atoms with E-state index in [1.54, 1.807) is 0 Å². The van der Waals surface area contributed by atoms with E-state index in [4.69, 9.17) is 5.11 Å². The first-order chi connectivity index (χ1) is 6.25. The Labute approximate surface area is 81.9 Å². The number of rotatable bonds is 3. The van der Waals surface area contributed by atoms with Crippen LogP contribution in [0, 0.1) is 5.92 Å². The quantitative estimate of drug-likeness (QED) is 0.679. The van der Waals surface area contributed by atoms with Crippen molar-refractivity contribution in [3.63, 3.8) is 0 Å². The fourth-order valence-corrected chi connectivity index (χ4v) is 2.45. The van der Waals surface area contributed by atoms with Crippen LogP contribution in [0.5, 0.6) is 0 Å². The summed E-state index contributed by atoms with van der Waals surface area (Å²) in [5.74, 6) is 0.805. The summed E-state index contributed by atoms with van der Waals surface area (Å²) in [6.07, 6.45) is 6.83. The van der Waals surface area contributed by atoms with Gasteiger partial charge in [-0.3, -0.25) is 0 Å². The highest BCUT2D eigenvalue weighted by Crippen LogP contribution is 2.25. The van der Waals surface area contributed by atoms with Gasteiger partial charge in [0.15, 0.2) is 0 Å². The maximum Gasteiger partial charge on any atom is 0.0558 e. The van der Waals surface area contributed by atoms with Crippen LogP contribution in [0.2, 0.25) is 0 Å². The van der Waals surface area contributed by atoms with Crippen molar-refractivity contribution in [3.05, 3.63) is 0 Å². The van der Waals surface area contributed by atoms with E-state index in [-0.39, 0.29) is 0 Å². The normalized spacial score (nSPS) is 30.5. The number of likely N-dealkylation sites (N-methyl/N-ethyl adjacent to an activating group) is 1. The minimum Gasteiger partial charge on any atom is -0.395 e. The Balaban J connectivity index is 2.43. The minimum absolute atomic E-state index is 0.291. The van der Waals surface area contributed by atoms with Crippen molar-refractivity contribution < 1.29 is 5.11 Å². The number of aliphatic hydroxyl groups is 1. The molecular weight excluding hydrogens is 162 g/mol. The van der Waals surface area contributed by atoms with Gasteiger partial charge in [-0.25, -0.2) is 0 Å². The molecule has 1 aliphatic carbocycles. The Morgan fingerprint density at radius 2 is 1.92 bits per heavy atom. The average molecular weight is 185 g/mol. The first kappa shape index (κ1) is 11.0. The molecule has 0 radical (unpaired) electrons. The molecule has 0 aromatic heterocycles. The van der Waals surface area contributed by atoms with Crippen molar-refractivity contribution in [2.75, 3.05) is 20.2 Å². The first-order valence-electron chi connectivity index (χ1n) is 5.57. The zero-order valence-corrected chi connectivity index (χ0v) is 9.00. The van der Waals surface area contributed by atoms with Crippen LogP contribution in [0.15, 0.2) is 0 Å². The SMILES string of the molecule is CC1CCCCCC1N(C)CCO. The molecule has 0 aromatic rings. The van der Waals surface area contributed by atoms with E-state index >= 15 is 0 Å². The highest BCUT2D eigenvalue weighted by atomic mass is 16.3. The molecule has 0 aromatic carbocycles. The number of hydrogen-bond donors (Lipinski definition) is 1. The number of nitrogens with zero attached hydrogens (tertiary/aromatic N) is 1. The van der Waals surface area contributed by atoms with E-state index < -0.39 is 0 Å². The maximum atomic E-state index is 8.88. The summed E-state index contributed by atoms with van der Waals surface area (Å²) in [6.45, 7) is 3.47. The van der Waals surface area contributed by atoms with Gasteiger partial charge in [-0.1, -0.05) is 26.2 Å². The maximum absolute atomic E-state index is 8.88. The van der Waals surface area contributed by atoms with Crippen molar-refractivity contribution in [2.24, 2.45) is 5.92 Å². The lowest BCUT2D eigenvalue weighted by molar-refractivity contribution is 0.139. The summed E-state index contributed by atoms with van der Waals surface area (Å²) in [4.78, 5) is 2.33. The second-order valence-corrected chi connectivity index (χ2v) is 4.39. The highest BCUT2D eigenvalue weighted by Gasteiger charge is 2.22. The molecule has 1 aliphatic rings. The van der Waals surface area contributed by atoms with E-state index in [1.807, 2.05) is 0 Å². The van der Waals surface area contributed by atoms with E-state index in [9.17, 15) is 0 Å². The Hall–Kier alpha value is -0.0800. The molecule has 0 heterocycles. The van der Waals surface area contributed by atoms with Gasteiger partial charge < -0.3 is 10.0 Å². The van der Waals surface area contributed by atoms with Gasteiger partial charge in [-0.2, -0.15) is 0 Å². The molecule has 1 saturated carbocycles. The van der Waals surface area contributed by atoms with Gasteiger partial charge in [0.2, 0.25) is 0 Å². The molecule has 0 bridgehead atoms. The molecule has 1 rings (SSSR count). The van der Waals surface area contributed by atoms with Crippen LogP contribution < -0.4 is 0 Å². The summed E-state index contributed by atoms with van der Waals surface area (Å²) in [5, 5.41) is 8.88. The predicted molar refractivity (Wildman–Crippen MR) is 55.8 cm³/mol. The third-order valence-electron chi connectivity index (χ3n) is 3.34. The van der Waals surface area contributed by atoms with Crippen LogP contribution >= 0.6 is 0 Å². The lowest BCUT2D eigenvalue weighted by Crippen LogP contribution is -2.38. The second-order valence-electron chi connectivity index (χ2n) is 4.39. The fourth-order valence-electron chi connectivity index (χ4n) is 2.45. The molecule has 13 heavy (non-hydrogen) atoms. The third kappa shape index (κ3) is 3.28. The fraction of sp³-hybridized carbons (Fsp3) is 1.00. The molecule has 2 nitrogen and oxygen atoms in total. The lowest BCUT2D eigenvalue weighted by atomic mass is 9.96. The molecule has 0 spiro atoms. The summed E-state index contributed by atoms with van der Waals surface area (Å²) >= 11 is 0. The molecule has 2 heteroatoms. The Morgan fingerprint density at radius 1 is 1.23 bits per heavy atom. The monoisotopic (exact) mass is 185 g/mol. The van der Waals surface area contributed by atoms with Crippen molar-refractivity contribution in [3.8, 4) is 0 Å². The molecule has 2 unspecified atom stereocenters. The molecule has 1 N–H and O–H groups in total. The zero-order chi connectivity index (χ0) is 9.68. The van der Waals surface area contributed by atoms with E-state index in [0.717, 1.165) is 12.5 Å². The van der Waals surface area contributed by atoms with Gasteiger partial charge in [-0.15, -0.1) is 0 Å². The molecule has 0 saturated heterocycles. The molecule has 2 atom stereocenters. The Morgan fingerprint density at radius 3 is 2.62 bits per heavy atom. The summed E-state index contributed by atoms with van der Waals surface area (Å²) in [6, 6.07) is 0.703. The molecule has 1 fully saturated rings. The summed E-state index contributed by atoms with van der Waals surface area (Å²) < 4.78 is 0. The minimum atomic E-state index is 0.291. The Kier molecular flexibility index (Phi) is 4.74. The van der Waals surface area contributed by atoms with Crippen LogP contribution in [0.3, 0.4) is 0 Å². The summed E-state index contributed by atoms with van der Waals surface area (Å²) in [5.41, 5.74) is 0. The van der Waals surface area contributed by atoms with Crippen LogP contribution in [-0.4, -0.2) is 36.2 Å². The van der Waals surface area contributed by atoms with Gasteiger partial charge in [0.1, 0.15) is 0 Å². The predicted octanol–water partition coefficient (Wildman–Crippen LogP) is 1.88. The third-order valence-corrected chi connectivity index (χ3v) is 3.34. The first-order valence-corrected chi connectivity index (χ1v) is 5.57. The average Bonchev–Trinajstić information content (AvgIpc) is 2.30. The Bertz CT molecular complexity index is 138. The molecule has 0 amide bonds. The van der Waals surface area contributed by atoms with Gasteiger partial charge in [0.05, 0.1) is 6.61 Å². The van der Waals surface area contributed by atoms with Gasteiger partial charge in [-0.05, 0) is 25.8 Å². The number of aliphatic hydroxyl groups excluding tert-OH is 1.